The van der Waals surface area contributed by atoms with Crippen molar-refractivity contribution in [1.82, 2.24) is 14.6 Å². The van der Waals surface area contributed by atoms with Gasteiger partial charge in [-0.15, -0.1) is 10.2 Å². The van der Waals surface area contributed by atoms with Gasteiger partial charge in [-0.3, -0.25) is 9.72 Å². The molecule has 0 spiro atoms. The van der Waals surface area contributed by atoms with Gasteiger partial charge in [0.1, 0.15) is 5.60 Å². The lowest BCUT2D eigenvalue weighted by Crippen LogP contribution is -2.27. The summed E-state index contributed by atoms with van der Waals surface area (Å²) in [7, 11) is 0. The fourth-order valence-electron chi connectivity index (χ4n) is 2.20. The number of aromatic nitrogens is 3. The molecular weight excluding hydrogens is 372 g/mol. The minimum Gasteiger partial charge on any atom is -0.444 e. The second-order valence-corrected chi connectivity index (χ2v) is 7.13. The number of nitrogens with zero attached hydrogens (tertiary/aromatic N) is 3. The lowest BCUT2D eigenvalue weighted by molar-refractivity contribution is 0.0636. The van der Waals surface area contributed by atoms with E-state index in [0.29, 0.717) is 5.69 Å². The van der Waals surface area contributed by atoms with E-state index in [0.717, 1.165) is 21.5 Å². The van der Waals surface area contributed by atoms with E-state index in [-0.39, 0.29) is 0 Å². The maximum atomic E-state index is 11.8. The van der Waals surface area contributed by atoms with Gasteiger partial charge in [-0.1, -0.05) is 0 Å². The first kappa shape index (κ1) is 16.4. The van der Waals surface area contributed by atoms with Gasteiger partial charge in [-0.25, -0.2) is 4.79 Å². The molecule has 1 N–H and O–H groups in total. The molecule has 0 saturated carbocycles. The maximum Gasteiger partial charge on any atom is 0.412 e. The van der Waals surface area contributed by atoms with E-state index in [1.54, 1.807) is 12.1 Å². The first-order valence-electron chi connectivity index (χ1n) is 7.43. The molecule has 1 amide bonds. The number of anilines is 1. The number of halogens is 1. The molecule has 124 valence electrons. The summed E-state index contributed by atoms with van der Waals surface area (Å²) in [5.41, 5.74) is 1.78. The number of carbonyl (C=O) groups excluding carboxylic acids is 1. The molecule has 0 aliphatic heterocycles. The van der Waals surface area contributed by atoms with Crippen LogP contribution in [0.5, 0.6) is 0 Å². The van der Waals surface area contributed by atoms with Crippen LogP contribution < -0.4 is 5.32 Å². The predicted octanol–water partition coefficient (Wildman–Crippen LogP) is 4.51. The van der Waals surface area contributed by atoms with Crippen LogP contribution in [0.2, 0.25) is 0 Å². The van der Waals surface area contributed by atoms with Gasteiger partial charge >= 0.3 is 6.09 Å². The molecule has 0 radical (unpaired) electrons. The van der Waals surface area contributed by atoms with Crippen molar-refractivity contribution in [2.24, 2.45) is 0 Å². The monoisotopic (exact) mass is 388 g/mol. The van der Waals surface area contributed by atoms with Crippen molar-refractivity contribution in [3.63, 3.8) is 0 Å². The summed E-state index contributed by atoms with van der Waals surface area (Å²) in [6.07, 6.45) is 1.43. The van der Waals surface area contributed by atoms with Crippen LogP contribution in [-0.4, -0.2) is 26.3 Å². The largest absolute Gasteiger partial charge is 0.444 e. The fourth-order valence-corrected chi connectivity index (χ4v) is 2.63. The topological polar surface area (TPSA) is 68.5 Å². The molecule has 0 unspecified atom stereocenters. The van der Waals surface area contributed by atoms with Gasteiger partial charge in [0.2, 0.25) is 0 Å². The van der Waals surface area contributed by atoms with Crippen LogP contribution in [-0.2, 0) is 4.74 Å². The lowest BCUT2D eigenvalue weighted by Gasteiger charge is -2.19. The molecule has 3 rings (SSSR count). The standard InChI is InChI=1S/C17H17BrN4O2/c1-17(2,3)24-16(23)19-12-8-6-11(7-9-12)14-20-21-15-13(18)5-4-10-22(14)15/h4-10H,1-3H3,(H,19,23). The summed E-state index contributed by atoms with van der Waals surface area (Å²) >= 11 is 3.46. The molecule has 2 aromatic heterocycles. The molecule has 7 heteroatoms. The highest BCUT2D eigenvalue weighted by Gasteiger charge is 2.16. The van der Waals surface area contributed by atoms with Crippen LogP contribution in [0.25, 0.3) is 17.0 Å². The number of amides is 1. The van der Waals surface area contributed by atoms with Gasteiger partial charge in [-0.05, 0) is 73.1 Å². The van der Waals surface area contributed by atoms with Crippen LogP contribution in [0.4, 0.5) is 10.5 Å². The summed E-state index contributed by atoms with van der Waals surface area (Å²) in [6.45, 7) is 5.47. The highest BCUT2D eigenvalue weighted by atomic mass is 79.9. The van der Waals surface area contributed by atoms with E-state index in [1.807, 2.05) is 55.6 Å². The number of rotatable bonds is 2. The summed E-state index contributed by atoms with van der Waals surface area (Å²) in [5, 5.41) is 11.1. The minimum absolute atomic E-state index is 0.480. The fraction of sp³-hybridized carbons (Fsp3) is 0.235. The first-order chi connectivity index (χ1) is 11.3. The number of nitrogens with one attached hydrogen (secondary N) is 1. The number of ether oxygens (including phenoxy) is 1. The van der Waals surface area contributed by atoms with E-state index < -0.39 is 11.7 Å². The molecule has 0 aliphatic carbocycles. The van der Waals surface area contributed by atoms with Crippen molar-refractivity contribution in [2.75, 3.05) is 5.32 Å². The number of hydrogen-bond donors (Lipinski definition) is 1. The van der Waals surface area contributed by atoms with Crippen molar-refractivity contribution in [1.29, 1.82) is 0 Å². The van der Waals surface area contributed by atoms with Crippen molar-refractivity contribution in [3.05, 3.63) is 47.1 Å². The Morgan fingerprint density at radius 3 is 2.54 bits per heavy atom. The van der Waals surface area contributed by atoms with Crippen LogP contribution in [0.15, 0.2) is 47.1 Å². The van der Waals surface area contributed by atoms with Crippen LogP contribution >= 0.6 is 15.9 Å². The average Bonchev–Trinajstić information content (AvgIpc) is 2.91. The Balaban J connectivity index is 1.81. The van der Waals surface area contributed by atoms with Gasteiger partial charge in [0.05, 0.1) is 4.47 Å². The van der Waals surface area contributed by atoms with Crippen LogP contribution in [0.1, 0.15) is 20.8 Å². The Kier molecular flexibility index (Phi) is 4.28. The summed E-state index contributed by atoms with van der Waals surface area (Å²) in [4.78, 5) is 11.8. The zero-order valence-corrected chi connectivity index (χ0v) is 15.2. The molecule has 1 aromatic carbocycles. The van der Waals surface area contributed by atoms with Gasteiger partial charge in [0, 0.05) is 17.4 Å². The van der Waals surface area contributed by atoms with Gasteiger partial charge in [0.15, 0.2) is 11.5 Å². The van der Waals surface area contributed by atoms with Gasteiger partial charge < -0.3 is 4.74 Å². The Hall–Kier alpha value is -2.41. The second kappa shape index (κ2) is 6.24. The second-order valence-electron chi connectivity index (χ2n) is 6.28. The SMILES string of the molecule is CC(C)(C)OC(=O)Nc1ccc(-c2nnc3c(Br)cccn23)cc1. The molecular formula is C17H17BrN4O2. The number of benzene rings is 1. The quantitative estimate of drug-likeness (QED) is 0.701. The molecule has 0 saturated heterocycles. The third-order valence-electron chi connectivity index (χ3n) is 3.18. The Bertz CT molecular complexity index is 882. The highest BCUT2D eigenvalue weighted by Crippen LogP contribution is 2.24. The Morgan fingerprint density at radius 2 is 1.88 bits per heavy atom. The molecule has 2 heterocycles. The van der Waals surface area contributed by atoms with Crippen molar-refractivity contribution < 1.29 is 9.53 Å². The summed E-state index contributed by atoms with van der Waals surface area (Å²) < 4.78 is 8.02. The average molecular weight is 389 g/mol. The first-order valence-corrected chi connectivity index (χ1v) is 8.22. The van der Waals surface area contributed by atoms with E-state index >= 15 is 0 Å². The van der Waals surface area contributed by atoms with Crippen molar-refractivity contribution in [3.8, 4) is 11.4 Å². The van der Waals surface area contributed by atoms with Gasteiger partial charge in [0.25, 0.3) is 0 Å². The highest BCUT2D eigenvalue weighted by molar-refractivity contribution is 9.10. The van der Waals surface area contributed by atoms with Gasteiger partial charge in [-0.2, -0.15) is 0 Å². The van der Waals surface area contributed by atoms with E-state index in [9.17, 15) is 4.79 Å². The van der Waals surface area contributed by atoms with Crippen molar-refractivity contribution >= 4 is 33.4 Å². The summed E-state index contributed by atoms with van der Waals surface area (Å²) in [5.74, 6) is 0.732. The maximum absolute atomic E-state index is 11.8. The number of carbonyl (C=O) groups is 1. The molecule has 0 fully saturated rings. The van der Waals surface area contributed by atoms with Crippen LogP contribution in [0, 0.1) is 0 Å². The zero-order valence-electron chi connectivity index (χ0n) is 13.6. The molecule has 0 atom stereocenters. The minimum atomic E-state index is -0.530. The molecule has 0 bridgehead atoms. The summed E-state index contributed by atoms with van der Waals surface area (Å²) in [6, 6.07) is 11.2. The number of hydrogen-bond acceptors (Lipinski definition) is 4. The Morgan fingerprint density at radius 1 is 1.17 bits per heavy atom. The molecule has 3 aromatic rings. The van der Waals surface area contributed by atoms with E-state index in [4.69, 9.17) is 4.74 Å². The third kappa shape index (κ3) is 3.56. The molecule has 6 nitrogen and oxygen atoms in total. The zero-order chi connectivity index (χ0) is 17.3. The normalized spacial score (nSPS) is 11.5. The van der Waals surface area contributed by atoms with Crippen molar-refractivity contribution in [2.45, 2.75) is 26.4 Å². The molecule has 0 aliphatic rings. The molecule has 24 heavy (non-hydrogen) atoms. The third-order valence-corrected chi connectivity index (χ3v) is 3.79. The lowest BCUT2D eigenvalue weighted by atomic mass is 10.2. The van der Waals surface area contributed by atoms with Crippen LogP contribution in [0.3, 0.4) is 0 Å². The van der Waals surface area contributed by atoms with E-state index in [1.165, 1.54) is 0 Å². The number of fused-ring (bicyclic) bond motifs is 1. The smallest absolute Gasteiger partial charge is 0.412 e. The Labute approximate surface area is 148 Å². The van der Waals surface area contributed by atoms with E-state index in [2.05, 4.69) is 31.4 Å². The number of pyridine rings is 1. The predicted molar refractivity (Wildman–Crippen MR) is 96.0 cm³/mol.